The molecule has 0 bridgehead atoms. The van der Waals surface area contributed by atoms with Crippen LogP contribution in [0.4, 0.5) is 10.1 Å². The largest absolute Gasteiger partial charge is 0.488 e. The number of nitrogens with one attached hydrogen (secondary N) is 1. The average molecular weight is 457 g/mol. The summed E-state index contributed by atoms with van der Waals surface area (Å²) in [5.74, 6) is -0.149. The predicted octanol–water partition coefficient (Wildman–Crippen LogP) is 5.16. The molecule has 0 aromatic heterocycles. The van der Waals surface area contributed by atoms with Gasteiger partial charge in [0.25, 0.3) is 5.69 Å². The first kappa shape index (κ1) is 22.6. The maximum atomic E-state index is 13.0. The molecule has 0 radical (unpaired) electrons. The second-order valence-corrected chi connectivity index (χ2v) is 7.51. The van der Waals surface area contributed by atoms with Crippen LogP contribution >= 0.6 is 0 Å². The summed E-state index contributed by atoms with van der Waals surface area (Å²) in [6.45, 7) is 0.202. The number of nitro benzene ring substituents is 1. The van der Waals surface area contributed by atoms with Gasteiger partial charge in [0.1, 0.15) is 18.2 Å². The average Bonchev–Trinajstić information content (AvgIpc) is 2.85. The van der Waals surface area contributed by atoms with Gasteiger partial charge in [0.05, 0.1) is 17.6 Å². The fourth-order valence-corrected chi connectivity index (χ4v) is 3.41. The zero-order valence-corrected chi connectivity index (χ0v) is 18.0. The summed E-state index contributed by atoms with van der Waals surface area (Å²) in [5, 5.41) is 16.8. The lowest BCUT2D eigenvalue weighted by molar-refractivity contribution is -0.384. The van der Waals surface area contributed by atoms with Crippen LogP contribution in [0.5, 0.6) is 5.75 Å². The summed E-state index contributed by atoms with van der Waals surface area (Å²) in [7, 11) is 0. The molecule has 4 rings (SSSR count). The van der Waals surface area contributed by atoms with Gasteiger partial charge in [-0.2, -0.15) is 5.10 Å². The zero-order chi connectivity index (χ0) is 23.9. The molecule has 0 aliphatic rings. The number of ether oxygens (including phenoxy) is 1. The van der Waals surface area contributed by atoms with E-state index in [4.69, 9.17) is 4.74 Å². The molecular weight excluding hydrogens is 437 g/mol. The maximum absolute atomic E-state index is 13.0. The summed E-state index contributed by atoms with van der Waals surface area (Å²) in [6, 6.07) is 23.3. The van der Waals surface area contributed by atoms with Gasteiger partial charge in [0, 0.05) is 17.7 Å². The van der Waals surface area contributed by atoms with Crippen LogP contribution in [0.15, 0.2) is 90.0 Å². The van der Waals surface area contributed by atoms with Gasteiger partial charge >= 0.3 is 0 Å². The summed E-state index contributed by atoms with van der Waals surface area (Å²) in [6.07, 6.45) is 1.59. The number of amides is 1. The van der Waals surface area contributed by atoms with Crippen molar-refractivity contribution in [2.24, 2.45) is 5.10 Å². The van der Waals surface area contributed by atoms with E-state index >= 15 is 0 Å². The van der Waals surface area contributed by atoms with E-state index in [9.17, 15) is 19.3 Å². The minimum Gasteiger partial charge on any atom is -0.488 e. The number of carbonyl (C=O) groups excluding carboxylic acids is 1. The van der Waals surface area contributed by atoms with Crippen molar-refractivity contribution in [1.82, 2.24) is 5.43 Å². The number of benzene rings is 4. The molecule has 0 unspecified atom stereocenters. The Morgan fingerprint density at radius 3 is 2.41 bits per heavy atom. The van der Waals surface area contributed by atoms with Crippen molar-refractivity contribution in [3.05, 3.63) is 118 Å². The Morgan fingerprint density at radius 2 is 1.68 bits per heavy atom. The highest BCUT2D eigenvalue weighted by Gasteiger charge is 2.10. The van der Waals surface area contributed by atoms with Gasteiger partial charge < -0.3 is 4.74 Å². The number of hydrogen-bond donors (Lipinski definition) is 1. The van der Waals surface area contributed by atoms with Crippen molar-refractivity contribution in [1.29, 1.82) is 0 Å². The van der Waals surface area contributed by atoms with Crippen molar-refractivity contribution in [3.8, 4) is 5.75 Å². The van der Waals surface area contributed by atoms with Gasteiger partial charge in [0.2, 0.25) is 5.91 Å². The molecule has 34 heavy (non-hydrogen) atoms. The number of carbonyl (C=O) groups is 1. The van der Waals surface area contributed by atoms with Crippen LogP contribution in [0, 0.1) is 15.9 Å². The number of fused-ring (bicyclic) bond motifs is 1. The molecule has 0 heterocycles. The molecule has 0 saturated heterocycles. The zero-order valence-electron chi connectivity index (χ0n) is 18.0. The Hall–Kier alpha value is -4.59. The number of non-ortho nitro benzene ring substituents is 1. The molecule has 1 N–H and O–H groups in total. The Labute approximate surface area is 194 Å². The molecule has 4 aromatic rings. The highest BCUT2D eigenvalue weighted by Crippen LogP contribution is 2.27. The molecule has 0 aliphatic heterocycles. The van der Waals surface area contributed by atoms with Gasteiger partial charge in [-0.15, -0.1) is 0 Å². The van der Waals surface area contributed by atoms with Gasteiger partial charge in [-0.1, -0.05) is 42.5 Å². The van der Waals surface area contributed by atoms with Crippen LogP contribution in [-0.2, 0) is 17.8 Å². The quantitative estimate of drug-likeness (QED) is 0.225. The number of hydrogen-bond acceptors (Lipinski definition) is 5. The lowest BCUT2D eigenvalue weighted by Crippen LogP contribution is -2.19. The summed E-state index contributed by atoms with van der Waals surface area (Å²) in [5.41, 5.74) is 4.63. The number of hydrazone groups is 1. The summed E-state index contributed by atoms with van der Waals surface area (Å²) < 4.78 is 19.0. The second kappa shape index (κ2) is 10.4. The number of nitro groups is 1. The third kappa shape index (κ3) is 5.60. The van der Waals surface area contributed by atoms with Gasteiger partial charge in [-0.05, 0) is 52.2 Å². The number of nitrogens with zero attached hydrogens (tertiary/aromatic N) is 2. The molecule has 8 heteroatoms. The highest BCUT2D eigenvalue weighted by atomic mass is 19.1. The predicted molar refractivity (Wildman–Crippen MR) is 127 cm³/mol. The highest BCUT2D eigenvalue weighted by molar-refractivity contribution is 6.02. The standard InChI is InChI=1S/C26H20FN3O4/c27-21-10-5-18(6-11-21)15-26(31)29-28-16-24-23-4-2-1-3-20(23)9-14-25(24)34-17-19-7-12-22(13-8-19)30(32)33/h1-14,16H,15,17H2,(H,29,31)/b28-16+. The molecule has 0 aliphatic carbocycles. The van der Waals surface area contributed by atoms with Crippen LogP contribution < -0.4 is 10.2 Å². The van der Waals surface area contributed by atoms with Crippen molar-refractivity contribution in [3.63, 3.8) is 0 Å². The molecule has 0 fully saturated rings. The first-order valence-corrected chi connectivity index (χ1v) is 10.4. The summed E-state index contributed by atoms with van der Waals surface area (Å²) >= 11 is 0. The first-order valence-electron chi connectivity index (χ1n) is 10.4. The molecule has 0 spiro atoms. The van der Waals surface area contributed by atoms with E-state index in [0.29, 0.717) is 16.9 Å². The fraction of sp³-hybridized carbons (Fsp3) is 0.0769. The molecule has 0 saturated carbocycles. The van der Waals surface area contributed by atoms with E-state index in [0.717, 1.165) is 16.3 Å². The molecule has 170 valence electrons. The van der Waals surface area contributed by atoms with Crippen LogP contribution in [0.1, 0.15) is 16.7 Å². The smallest absolute Gasteiger partial charge is 0.269 e. The van der Waals surface area contributed by atoms with Crippen molar-refractivity contribution in [2.75, 3.05) is 0 Å². The monoisotopic (exact) mass is 457 g/mol. The van der Waals surface area contributed by atoms with E-state index in [2.05, 4.69) is 10.5 Å². The van der Waals surface area contributed by atoms with Gasteiger partial charge in [-0.25, -0.2) is 9.82 Å². The number of rotatable bonds is 8. The molecular formula is C26H20FN3O4. The van der Waals surface area contributed by atoms with Crippen LogP contribution in [-0.4, -0.2) is 17.0 Å². The van der Waals surface area contributed by atoms with E-state index in [1.54, 1.807) is 24.3 Å². The minimum atomic E-state index is -0.451. The Kier molecular flexibility index (Phi) is 6.88. The molecule has 1 amide bonds. The van der Waals surface area contributed by atoms with Gasteiger partial charge in [-0.3, -0.25) is 14.9 Å². The van der Waals surface area contributed by atoms with E-state index in [-0.39, 0.29) is 30.4 Å². The fourth-order valence-electron chi connectivity index (χ4n) is 3.41. The first-order chi connectivity index (χ1) is 16.5. The van der Waals surface area contributed by atoms with Crippen LogP contribution in [0.3, 0.4) is 0 Å². The lowest BCUT2D eigenvalue weighted by Gasteiger charge is -2.12. The van der Waals surface area contributed by atoms with E-state index in [1.165, 1.54) is 30.5 Å². The molecule has 0 atom stereocenters. The Balaban J connectivity index is 1.50. The van der Waals surface area contributed by atoms with Crippen molar-refractivity contribution >= 4 is 28.6 Å². The summed E-state index contributed by atoms with van der Waals surface area (Å²) in [4.78, 5) is 22.6. The van der Waals surface area contributed by atoms with Gasteiger partial charge in [0.15, 0.2) is 0 Å². The van der Waals surface area contributed by atoms with Crippen molar-refractivity contribution < 1.29 is 18.8 Å². The van der Waals surface area contributed by atoms with Crippen LogP contribution in [0.2, 0.25) is 0 Å². The topological polar surface area (TPSA) is 93.8 Å². The SMILES string of the molecule is O=C(Cc1ccc(F)cc1)N/N=C/c1c(OCc2ccc([N+](=O)[O-])cc2)ccc2ccccc12. The van der Waals surface area contributed by atoms with E-state index in [1.807, 2.05) is 36.4 Å². The minimum absolute atomic E-state index is 0.0126. The Morgan fingerprint density at radius 1 is 0.971 bits per heavy atom. The van der Waals surface area contributed by atoms with Crippen LogP contribution in [0.25, 0.3) is 10.8 Å². The number of halogens is 1. The third-order valence-electron chi connectivity index (χ3n) is 5.13. The maximum Gasteiger partial charge on any atom is 0.269 e. The third-order valence-corrected chi connectivity index (χ3v) is 5.13. The van der Waals surface area contributed by atoms with E-state index < -0.39 is 4.92 Å². The lowest BCUT2D eigenvalue weighted by atomic mass is 10.0. The molecule has 7 nitrogen and oxygen atoms in total. The second-order valence-electron chi connectivity index (χ2n) is 7.51. The normalized spacial score (nSPS) is 11.0. The molecule has 4 aromatic carbocycles. The van der Waals surface area contributed by atoms with Crippen molar-refractivity contribution in [2.45, 2.75) is 13.0 Å². The Bertz CT molecular complexity index is 1350.